The molecule has 18 heavy (non-hydrogen) atoms. The largest absolute Gasteiger partial charge is 0.330 e. The molecule has 1 aliphatic rings. The van der Waals surface area contributed by atoms with Crippen LogP contribution in [-0.4, -0.2) is 20.6 Å². The topological polar surface area (TPSA) is 20.7 Å². The van der Waals surface area contributed by atoms with Gasteiger partial charge in [0.15, 0.2) is 4.77 Å². The van der Waals surface area contributed by atoms with Gasteiger partial charge < -0.3 is 9.55 Å². The highest BCUT2D eigenvalue weighted by Crippen LogP contribution is 2.48. The lowest BCUT2D eigenvalue weighted by Crippen LogP contribution is -2.13. The highest BCUT2D eigenvalue weighted by atomic mass is 79.9. The second-order valence-corrected chi connectivity index (χ2v) is 7.20. The molecule has 6 heteroatoms. The van der Waals surface area contributed by atoms with E-state index >= 15 is 0 Å². The molecule has 0 aliphatic heterocycles. The molecular weight excluding hydrogens is 335 g/mol. The molecule has 0 unspecified atom stereocenters. The average Bonchev–Trinajstić information content (AvgIpc) is 3.05. The van der Waals surface area contributed by atoms with Crippen LogP contribution in [0, 0.1) is 10.6 Å². The summed E-state index contributed by atoms with van der Waals surface area (Å²) in [7, 11) is 0. The standard InChI is InChI=1S/C12H12BrFN2S2/c1-18-12(2-3-12)6-16-10-4-7(13)8(14)5-9(10)15-11(16)17/h4-5H,2-3,6H2,1H3,(H,15,17). The third kappa shape index (κ3) is 2.04. The van der Waals surface area contributed by atoms with Gasteiger partial charge in [-0.05, 0) is 53.3 Å². The number of nitrogens with zero attached hydrogens (tertiary/aromatic N) is 1. The maximum absolute atomic E-state index is 13.5. The van der Waals surface area contributed by atoms with Crippen LogP contribution < -0.4 is 0 Å². The molecule has 0 radical (unpaired) electrons. The molecule has 1 heterocycles. The minimum absolute atomic E-state index is 0.267. The number of benzene rings is 1. The van der Waals surface area contributed by atoms with Gasteiger partial charge in [0.1, 0.15) is 5.82 Å². The quantitative estimate of drug-likeness (QED) is 0.826. The van der Waals surface area contributed by atoms with Crippen LogP contribution in [0.1, 0.15) is 12.8 Å². The molecule has 0 atom stereocenters. The summed E-state index contributed by atoms with van der Waals surface area (Å²) in [5, 5.41) is 0. The summed E-state index contributed by atoms with van der Waals surface area (Å²) in [6.45, 7) is 0.894. The monoisotopic (exact) mass is 346 g/mol. The minimum atomic E-state index is -0.267. The Bertz CT molecular complexity index is 673. The van der Waals surface area contributed by atoms with Crippen molar-refractivity contribution >= 4 is 50.9 Å². The Labute approximate surface area is 122 Å². The average molecular weight is 347 g/mol. The number of hydrogen-bond acceptors (Lipinski definition) is 2. The summed E-state index contributed by atoms with van der Waals surface area (Å²) in [4.78, 5) is 3.08. The van der Waals surface area contributed by atoms with Crippen molar-refractivity contribution in [3.8, 4) is 0 Å². The van der Waals surface area contributed by atoms with Gasteiger partial charge in [0.25, 0.3) is 0 Å². The molecule has 96 valence electrons. The number of H-pyrrole nitrogens is 1. The van der Waals surface area contributed by atoms with Crippen molar-refractivity contribution in [1.82, 2.24) is 9.55 Å². The van der Waals surface area contributed by atoms with Crippen molar-refractivity contribution < 1.29 is 4.39 Å². The first-order chi connectivity index (χ1) is 8.54. The molecule has 2 nitrogen and oxygen atoms in total. The van der Waals surface area contributed by atoms with Crippen molar-refractivity contribution in [2.24, 2.45) is 0 Å². The van der Waals surface area contributed by atoms with E-state index in [1.165, 1.54) is 18.9 Å². The maximum atomic E-state index is 13.5. The van der Waals surface area contributed by atoms with E-state index in [1.54, 1.807) is 6.07 Å². The van der Waals surface area contributed by atoms with Crippen LogP contribution in [0.5, 0.6) is 0 Å². The number of thioether (sulfide) groups is 1. The zero-order valence-corrected chi connectivity index (χ0v) is 13.0. The van der Waals surface area contributed by atoms with E-state index in [1.807, 2.05) is 11.8 Å². The van der Waals surface area contributed by atoms with Crippen LogP contribution in [0.25, 0.3) is 11.0 Å². The molecule has 1 fully saturated rings. The Morgan fingerprint density at radius 2 is 2.28 bits per heavy atom. The number of halogens is 2. The van der Waals surface area contributed by atoms with Gasteiger partial charge in [-0.25, -0.2) is 4.39 Å². The smallest absolute Gasteiger partial charge is 0.178 e. The fourth-order valence-electron chi connectivity index (χ4n) is 2.16. The minimum Gasteiger partial charge on any atom is -0.330 e. The van der Waals surface area contributed by atoms with Gasteiger partial charge in [0.05, 0.1) is 15.5 Å². The summed E-state index contributed by atoms with van der Waals surface area (Å²) >= 11 is 10.5. The summed E-state index contributed by atoms with van der Waals surface area (Å²) in [5.74, 6) is -0.267. The molecule has 0 spiro atoms. The van der Waals surface area contributed by atoms with E-state index in [4.69, 9.17) is 12.2 Å². The summed E-state index contributed by atoms with van der Waals surface area (Å²) in [6, 6.07) is 3.29. The van der Waals surface area contributed by atoms with E-state index in [0.717, 1.165) is 17.6 Å². The van der Waals surface area contributed by atoms with E-state index in [2.05, 4.69) is 31.7 Å². The van der Waals surface area contributed by atoms with E-state index in [0.29, 0.717) is 14.0 Å². The van der Waals surface area contributed by atoms with Gasteiger partial charge in [-0.3, -0.25) is 0 Å². The van der Waals surface area contributed by atoms with Crippen LogP contribution >= 0.6 is 39.9 Å². The van der Waals surface area contributed by atoms with Crippen LogP contribution in [0.2, 0.25) is 0 Å². The van der Waals surface area contributed by atoms with Gasteiger partial charge in [0.2, 0.25) is 0 Å². The fourth-order valence-corrected chi connectivity index (χ4v) is 3.54. The maximum Gasteiger partial charge on any atom is 0.178 e. The predicted molar refractivity (Wildman–Crippen MR) is 80.3 cm³/mol. The van der Waals surface area contributed by atoms with Crippen LogP contribution in [-0.2, 0) is 6.54 Å². The second kappa shape index (κ2) is 4.35. The molecule has 2 aromatic rings. The highest BCUT2D eigenvalue weighted by molar-refractivity contribution is 9.10. The Morgan fingerprint density at radius 1 is 1.56 bits per heavy atom. The SMILES string of the molecule is CSC1(Cn2c(=S)[nH]c3cc(F)c(Br)cc32)CC1. The van der Waals surface area contributed by atoms with E-state index < -0.39 is 0 Å². The van der Waals surface area contributed by atoms with Crippen molar-refractivity contribution in [1.29, 1.82) is 0 Å². The lowest BCUT2D eigenvalue weighted by atomic mass is 10.3. The molecule has 1 N–H and O–H groups in total. The second-order valence-electron chi connectivity index (χ2n) is 4.69. The Morgan fingerprint density at radius 3 is 2.89 bits per heavy atom. The number of hydrogen-bond donors (Lipinski definition) is 1. The summed E-state index contributed by atoms with van der Waals surface area (Å²) < 4.78 is 17.0. The van der Waals surface area contributed by atoms with Crippen molar-refractivity contribution in [3.05, 3.63) is 27.2 Å². The van der Waals surface area contributed by atoms with Gasteiger partial charge in [-0.1, -0.05) is 0 Å². The Kier molecular flexibility index (Phi) is 3.07. The van der Waals surface area contributed by atoms with E-state index in [9.17, 15) is 4.39 Å². The molecule has 1 saturated carbocycles. The lowest BCUT2D eigenvalue weighted by molar-refractivity contribution is 0.622. The number of fused-ring (bicyclic) bond motifs is 1. The zero-order valence-electron chi connectivity index (χ0n) is 9.80. The number of aromatic amines is 1. The van der Waals surface area contributed by atoms with Crippen LogP contribution in [0.15, 0.2) is 16.6 Å². The molecule has 1 aromatic carbocycles. The lowest BCUT2D eigenvalue weighted by Gasteiger charge is -2.13. The molecule has 0 bridgehead atoms. The molecule has 3 rings (SSSR count). The van der Waals surface area contributed by atoms with Gasteiger partial charge in [0, 0.05) is 17.4 Å². The number of rotatable bonds is 3. The summed E-state index contributed by atoms with van der Waals surface area (Å²) in [5.41, 5.74) is 1.73. The first kappa shape index (κ1) is 12.7. The molecule has 1 aliphatic carbocycles. The number of nitrogens with one attached hydrogen (secondary N) is 1. The van der Waals surface area contributed by atoms with Gasteiger partial charge >= 0.3 is 0 Å². The zero-order chi connectivity index (χ0) is 12.9. The Balaban J connectivity index is 2.13. The fraction of sp³-hybridized carbons (Fsp3) is 0.417. The van der Waals surface area contributed by atoms with Crippen molar-refractivity contribution in [3.63, 3.8) is 0 Å². The van der Waals surface area contributed by atoms with Crippen molar-refractivity contribution in [2.75, 3.05) is 6.26 Å². The normalized spacial score (nSPS) is 17.3. The predicted octanol–water partition coefficient (Wildman–Crippen LogP) is 4.50. The Hall–Kier alpha value is -0.330. The third-order valence-corrected chi connectivity index (χ3v) is 5.84. The molecule has 1 aromatic heterocycles. The first-order valence-electron chi connectivity index (χ1n) is 5.67. The third-order valence-electron chi connectivity index (χ3n) is 3.50. The summed E-state index contributed by atoms with van der Waals surface area (Å²) in [6.07, 6.45) is 4.59. The first-order valence-corrected chi connectivity index (χ1v) is 8.10. The molecular formula is C12H12BrFN2S2. The number of aromatic nitrogens is 2. The highest BCUT2D eigenvalue weighted by Gasteiger charge is 2.42. The van der Waals surface area contributed by atoms with Crippen LogP contribution in [0.4, 0.5) is 4.39 Å². The van der Waals surface area contributed by atoms with Crippen LogP contribution in [0.3, 0.4) is 0 Å². The number of imidazole rings is 1. The van der Waals surface area contributed by atoms with Gasteiger partial charge in [-0.15, -0.1) is 0 Å². The molecule has 0 amide bonds. The molecule has 0 saturated heterocycles. The van der Waals surface area contributed by atoms with Gasteiger partial charge in [-0.2, -0.15) is 11.8 Å². The van der Waals surface area contributed by atoms with Crippen molar-refractivity contribution in [2.45, 2.75) is 24.1 Å². The van der Waals surface area contributed by atoms with E-state index in [-0.39, 0.29) is 5.82 Å².